The van der Waals surface area contributed by atoms with E-state index in [9.17, 15) is 13.2 Å². The van der Waals surface area contributed by atoms with E-state index in [0.717, 1.165) is 38.0 Å². The van der Waals surface area contributed by atoms with Crippen molar-refractivity contribution in [2.24, 2.45) is 0 Å². The summed E-state index contributed by atoms with van der Waals surface area (Å²) in [4.78, 5) is 18.4. The molecule has 0 unspecified atom stereocenters. The van der Waals surface area contributed by atoms with Crippen LogP contribution < -0.4 is 20.9 Å². The molecule has 4 N–H and O–H groups in total. The number of rotatable bonds is 11. The summed E-state index contributed by atoms with van der Waals surface area (Å²) in [7, 11) is 0. The summed E-state index contributed by atoms with van der Waals surface area (Å²) in [6.45, 7) is 7.11. The lowest BCUT2D eigenvalue weighted by atomic mass is 10.1. The molecule has 214 valence electrons. The number of pyridine rings is 1. The number of aromatic nitrogens is 3. The van der Waals surface area contributed by atoms with Crippen LogP contribution in [0.15, 0.2) is 18.3 Å². The average molecular weight is 550 g/mol. The molecule has 2 aliphatic heterocycles. The highest BCUT2D eigenvalue weighted by Gasteiger charge is 2.28. The first-order chi connectivity index (χ1) is 18.7. The molecule has 39 heavy (non-hydrogen) atoms. The minimum Gasteiger partial charge on any atom is -0.378 e. The van der Waals surface area contributed by atoms with Gasteiger partial charge in [0.2, 0.25) is 5.95 Å². The molecule has 1 atom stereocenters. The molecule has 4 rings (SSSR count). The van der Waals surface area contributed by atoms with E-state index in [1.807, 2.05) is 19.1 Å². The van der Waals surface area contributed by atoms with Crippen LogP contribution in [-0.4, -0.2) is 96.8 Å². The van der Waals surface area contributed by atoms with Gasteiger partial charge in [-0.1, -0.05) is 6.42 Å². The van der Waals surface area contributed by atoms with Crippen LogP contribution >= 0.6 is 0 Å². The SMILES string of the molecule is Cc1ccnc(Nc2nc(N3CCN[C@@H](C)C3)nc(C(=N)CN3CCCCC3)c2NCCOCC(F)(F)F)c1. The molecule has 10 nitrogen and oxygen atoms in total. The minimum absolute atomic E-state index is 0.0867. The Kier molecular flexibility index (Phi) is 9.92. The number of piperazine rings is 1. The number of likely N-dealkylation sites (tertiary alicyclic amines) is 1. The van der Waals surface area contributed by atoms with Crippen molar-refractivity contribution in [2.45, 2.75) is 45.3 Å². The molecule has 2 aliphatic rings. The molecular formula is C26H38F3N9O. The van der Waals surface area contributed by atoms with Crippen LogP contribution in [0.4, 0.5) is 36.4 Å². The number of nitrogens with one attached hydrogen (secondary N) is 4. The number of aryl methyl sites for hydroxylation is 1. The lowest BCUT2D eigenvalue weighted by Crippen LogP contribution is -2.50. The Morgan fingerprint density at radius 3 is 2.72 bits per heavy atom. The van der Waals surface area contributed by atoms with Gasteiger partial charge in [0.05, 0.1) is 12.3 Å². The van der Waals surface area contributed by atoms with Crippen molar-refractivity contribution in [2.75, 3.05) is 74.6 Å². The summed E-state index contributed by atoms with van der Waals surface area (Å²) >= 11 is 0. The number of anilines is 4. The Balaban J connectivity index is 1.67. The fraction of sp³-hybridized carbons (Fsp3) is 0.615. The molecule has 2 saturated heterocycles. The smallest absolute Gasteiger partial charge is 0.378 e. The van der Waals surface area contributed by atoms with Gasteiger partial charge in [-0.05, 0) is 57.5 Å². The fourth-order valence-electron chi connectivity index (χ4n) is 4.76. The quantitative estimate of drug-likeness (QED) is 0.247. The molecule has 2 aromatic heterocycles. The number of alkyl halides is 3. The van der Waals surface area contributed by atoms with Crippen LogP contribution in [0, 0.1) is 12.3 Å². The van der Waals surface area contributed by atoms with Crippen LogP contribution in [0.3, 0.4) is 0 Å². The van der Waals surface area contributed by atoms with Crippen molar-refractivity contribution < 1.29 is 17.9 Å². The van der Waals surface area contributed by atoms with Gasteiger partial charge in [-0.15, -0.1) is 0 Å². The molecule has 0 radical (unpaired) electrons. The summed E-state index contributed by atoms with van der Waals surface area (Å²) in [6.07, 6.45) is 0.666. The maximum Gasteiger partial charge on any atom is 0.411 e. The Hall–Kier alpha value is -3.03. The first kappa shape index (κ1) is 29.0. The molecule has 2 fully saturated rings. The first-order valence-corrected chi connectivity index (χ1v) is 13.5. The Morgan fingerprint density at radius 2 is 2.00 bits per heavy atom. The third-order valence-corrected chi connectivity index (χ3v) is 6.64. The van der Waals surface area contributed by atoms with Gasteiger partial charge in [0.1, 0.15) is 23.8 Å². The minimum atomic E-state index is -4.39. The maximum atomic E-state index is 12.6. The van der Waals surface area contributed by atoms with Crippen molar-refractivity contribution >= 4 is 29.0 Å². The Labute approximate surface area is 227 Å². The number of hydrogen-bond donors (Lipinski definition) is 4. The Morgan fingerprint density at radius 1 is 1.21 bits per heavy atom. The highest BCUT2D eigenvalue weighted by molar-refractivity contribution is 6.05. The molecule has 0 aromatic carbocycles. The van der Waals surface area contributed by atoms with Crippen LogP contribution in [0.25, 0.3) is 0 Å². The molecule has 2 aromatic rings. The molecule has 0 bridgehead atoms. The Bertz CT molecular complexity index is 1110. The van der Waals surface area contributed by atoms with Gasteiger partial charge >= 0.3 is 6.18 Å². The van der Waals surface area contributed by atoms with Gasteiger partial charge < -0.3 is 31.0 Å². The second kappa shape index (κ2) is 13.4. The largest absolute Gasteiger partial charge is 0.411 e. The normalized spacial score (nSPS) is 18.7. The number of hydrogen-bond acceptors (Lipinski definition) is 10. The van der Waals surface area contributed by atoms with Crippen molar-refractivity contribution in [3.05, 3.63) is 29.6 Å². The van der Waals surface area contributed by atoms with Gasteiger partial charge in [-0.25, -0.2) is 9.97 Å². The fourth-order valence-corrected chi connectivity index (χ4v) is 4.76. The number of piperidine rings is 1. The van der Waals surface area contributed by atoms with Crippen LogP contribution in [0.2, 0.25) is 0 Å². The highest BCUT2D eigenvalue weighted by atomic mass is 19.4. The lowest BCUT2D eigenvalue weighted by molar-refractivity contribution is -0.172. The zero-order chi connectivity index (χ0) is 27.8. The highest BCUT2D eigenvalue weighted by Crippen LogP contribution is 2.30. The van der Waals surface area contributed by atoms with Gasteiger partial charge in [-0.3, -0.25) is 4.90 Å². The van der Waals surface area contributed by atoms with Crippen LogP contribution in [0.5, 0.6) is 0 Å². The van der Waals surface area contributed by atoms with Crippen molar-refractivity contribution in [1.82, 2.24) is 25.2 Å². The van der Waals surface area contributed by atoms with E-state index in [4.69, 9.17) is 20.1 Å². The van der Waals surface area contributed by atoms with E-state index in [-0.39, 0.29) is 19.2 Å². The van der Waals surface area contributed by atoms with Crippen molar-refractivity contribution in [3.8, 4) is 0 Å². The zero-order valence-corrected chi connectivity index (χ0v) is 22.6. The molecule has 4 heterocycles. The summed E-state index contributed by atoms with van der Waals surface area (Å²) in [5.74, 6) is 1.48. The molecular weight excluding hydrogens is 511 g/mol. The number of halogens is 3. The van der Waals surface area contributed by atoms with Crippen LogP contribution in [0.1, 0.15) is 37.4 Å². The van der Waals surface area contributed by atoms with E-state index < -0.39 is 12.8 Å². The number of nitrogens with zero attached hydrogens (tertiary/aromatic N) is 5. The van der Waals surface area contributed by atoms with Gasteiger partial charge in [0.25, 0.3) is 0 Å². The van der Waals surface area contributed by atoms with Gasteiger partial charge in [-0.2, -0.15) is 18.2 Å². The average Bonchev–Trinajstić information content (AvgIpc) is 2.89. The summed E-state index contributed by atoms with van der Waals surface area (Å²) < 4.78 is 42.5. The molecule has 0 aliphatic carbocycles. The standard InChI is InChI=1S/C26H38F3N9O/c1-18-6-7-32-21(14-18)34-24-23(33-9-13-39-17-26(27,28)29)22(20(30)16-37-10-4-3-5-11-37)35-25(36-24)38-12-8-31-19(2)15-38/h6-7,14,19,30-31,33H,3-5,8-13,15-17H2,1-2H3,(H,32,34,35,36)/t19-/m0/s1. The zero-order valence-electron chi connectivity index (χ0n) is 22.6. The monoisotopic (exact) mass is 549 g/mol. The van der Waals surface area contributed by atoms with Gasteiger partial charge in [0.15, 0.2) is 5.82 Å². The van der Waals surface area contributed by atoms with E-state index in [1.54, 1.807) is 6.20 Å². The molecule has 0 spiro atoms. The summed E-state index contributed by atoms with van der Waals surface area (Å²) in [5, 5.41) is 18.9. The van der Waals surface area contributed by atoms with Crippen LogP contribution in [-0.2, 0) is 4.74 Å². The molecule has 13 heteroatoms. The van der Waals surface area contributed by atoms with Crippen molar-refractivity contribution in [3.63, 3.8) is 0 Å². The predicted molar refractivity (Wildman–Crippen MR) is 146 cm³/mol. The third kappa shape index (κ3) is 8.73. The summed E-state index contributed by atoms with van der Waals surface area (Å²) in [5.41, 5.74) is 2.19. The summed E-state index contributed by atoms with van der Waals surface area (Å²) in [6, 6.07) is 4.01. The second-order valence-electron chi connectivity index (χ2n) is 10.2. The molecule has 0 amide bonds. The first-order valence-electron chi connectivity index (χ1n) is 13.5. The van der Waals surface area contributed by atoms with E-state index in [2.05, 4.69) is 37.7 Å². The third-order valence-electron chi connectivity index (χ3n) is 6.64. The number of ether oxygens (including phenoxy) is 1. The maximum absolute atomic E-state index is 12.6. The van der Waals surface area contributed by atoms with Crippen molar-refractivity contribution in [1.29, 1.82) is 5.41 Å². The molecule has 0 saturated carbocycles. The van der Waals surface area contributed by atoms with E-state index in [1.165, 1.54) is 6.42 Å². The topological polar surface area (TPSA) is 114 Å². The van der Waals surface area contributed by atoms with E-state index in [0.29, 0.717) is 54.3 Å². The predicted octanol–water partition coefficient (Wildman–Crippen LogP) is 3.57. The van der Waals surface area contributed by atoms with Gasteiger partial charge in [0, 0.05) is 45.0 Å². The second-order valence-corrected chi connectivity index (χ2v) is 10.2. The van der Waals surface area contributed by atoms with E-state index >= 15 is 0 Å². The lowest BCUT2D eigenvalue weighted by Gasteiger charge is -2.33.